The van der Waals surface area contributed by atoms with Gasteiger partial charge in [-0.3, -0.25) is 19.1 Å². The van der Waals surface area contributed by atoms with Gasteiger partial charge in [0, 0.05) is 44.2 Å². The molecule has 3 rings (SSSR count). The first-order valence-corrected chi connectivity index (χ1v) is 9.34. The third-order valence-corrected chi connectivity index (χ3v) is 5.81. The molecule has 27 heavy (non-hydrogen) atoms. The van der Waals surface area contributed by atoms with Crippen molar-refractivity contribution in [1.29, 1.82) is 0 Å². The van der Waals surface area contributed by atoms with Crippen LogP contribution in [0.4, 0.5) is 0 Å². The number of piperidine rings is 1. The molecule has 1 amide bonds. The first-order valence-electron chi connectivity index (χ1n) is 9.34. The second-order valence-corrected chi connectivity index (χ2v) is 7.94. The Kier molecular flexibility index (Phi) is 5.29. The Morgan fingerprint density at radius 2 is 2.07 bits per heavy atom. The van der Waals surface area contributed by atoms with E-state index < -0.39 is 28.5 Å². The van der Waals surface area contributed by atoms with Crippen LogP contribution in [0.15, 0.2) is 15.8 Å². The smallest absolute Gasteiger partial charge is 0.328 e. The molecule has 1 spiro atoms. The third kappa shape index (κ3) is 3.85. The number of nitrogens with zero attached hydrogens (tertiary/aromatic N) is 2. The van der Waals surface area contributed by atoms with Gasteiger partial charge in [-0.25, -0.2) is 4.79 Å². The van der Waals surface area contributed by atoms with Crippen LogP contribution in [-0.2, 0) is 9.53 Å². The summed E-state index contributed by atoms with van der Waals surface area (Å²) >= 11 is 0. The highest BCUT2D eigenvalue weighted by atomic mass is 16.5. The second kappa shape index (κ2) is 7.21. The molecule has 0 aromatic carbocycles. The molecule has 2 aliphatic heterocycles. The minimum atomic E-state index is -1.18. The van der Waals surface area contributed by atoms with Crippen LogP contribution in [0, 0.1) is 6.92 Å². The van der Waals surface area contributed by atoms with Crippen LogP contribution in [0.25, 0.3) is 0 Å². The minimum absolute atomic E-state index is 0.0445. The molecule has 9 heteroatoms. The fraction of sp³-hybridized carbons (Fsp3) is 0.722. The Labute approximate surface area is 157 Å². The van der Waals surface area contributed by atoms with Crippen molar-refractivity contribution in [2.45, 2.75) is 56.8 Å². The number of aliphatic hydroxyl groups is 1. The van der Waals surface area contributed by atoms with Crippen molar-refractivity contribution in [3.8, 4) is 0 Å². The number of likely N-dealkylation sites (tertiary alicyclic amines) is 1. The summed E-state index contributed by atoms with van der Waals surface area (Å²) in [7, 11) is 0. The number of H-pyrrole nitrogens is 1. The number of hydrogen-bond donors (Lipinski definition) is 3. The SMILES string of the molecule is Cc1cn([C@H]2COC3(CCN(C(=O)CCN)CC3)C[C@]2(C)O)c(=O)[nH]c1=O. The van der Waals surface area contributed by atoms with E-state index in [1.165, 1.54) is 10.8 Å². The molecule has 0 unspecified atom stereocenters. The first kappa shape index (κ1) is 19.8. The number of amides is 1. The van der Waals surface area contributed by atoms with Gasteiger partial charge in [0.2, 0.25) is 5.91 Å². The van der Waals surface area contributed by atoms with Gasteiger partial charge in [-0.1, -0.05) is 0 Å². The van der Waals surface area contributed by atoms with Crippen molar-refractivity contribution >= 4 is 5.91 Å². The van der Waals surface area contributed by atoms with Crippen LogP contribution < -0.4 is 17.0 Å². The number of rotatable bonds is 3. The summed E-state index contributed by atoms with van der Waals surface area (Å²) in [5.74, 6) is 0.0445. The zero-order valence-corrected chi connectivity index (χ0v) is 15.9. The number of nitrogens with two attached hydrogens (primary N) is 1. The number of aromatic nitrogens is 2. The van der Waals surface area contributed by atoms with Gasteiger partial charge in [0.05, 0.1) is 23.9 Å². The molecular weight excluding hydrogens is 352 g/mol. The number of hydrogen-bond acceptors (Lipinski definition) is 6. The normalized spacial score (nSPS) is 27.7. The fourth-order valence-corrected chi connectivity index (χ4v) is 4.22. The lowest BCUT2D eigenvalue weighted by Gasteiger charge is -2.51. The summed E-state index contributed by atoms with van der Waals surface area (Å²) in [5, 5.41) is 11.1. The number of carbonyl (C=O) groups excluding carboxylic acids is 1. The van der Waals surface area contributed by atoms with E-state index in [1.807, 2.05) is 0 Å². The average Bonchev–Trinajstić information content (AvgIpc) is 2.59. The van der Waals surface area contributed by atoms with Crippen LogP contribution in [0.5, 0.6) is 0 Å². The Morgan fingerprint density at radius 1 is 1.41 bits per heavy atom. The van der Waals surface area contributed by atoms with E-state index >= 15 is 0 Å². The standard InChI is InChI=1S/C18H28N4O5/c1-12-9-22(16(25)20-15(12)24)13-10-27-18(11-17(13,2)26)4-7-21(8-5-18)14(23)3-6-19/h9,13,26H,3-8,10-11,19H2,1-2H3,(H,20,24,25)/t13-,17-/m0/s1. The predicted molar refractivity (Wildman–Crippen MR) is 98.5 cm³/mol. The lowest BCUT2D eigenvalue weighted by molar-refractivity contribution is -0.198. The summed E-state index contributed by atoms with van der Waals surface area (Å²) in [6.07, 6.45) is 3.42. The molecule has 0 bridgehead atoms. The molecule has 9 nitrogen and oxygen atoms in total. The van der Waals surface area contributed by atoms with E-state index in [9.17, 15) is 19.5 Å². The summed E-state index contributed by atoms with van der Waals surface area (Å²) < 4.78 is 7.50. The van der Waals surface area contributed by atoms with E-state index in [0.29, 0.717) is 50.9 Å². The largest absolute Gasteiger partial charge is 0.388 e. The highest BCUT2D eigenvalue weighted by Crippen LogP contribution is 2.43. The molecule has 1 aromatic rings. The summed E-state index contributed by atoms with van der Waals surface area (Å²) in [4.78, 5) is 39.9. The summed E-state index contributed by atoms with van der Waals surface area (Å²) in [6, 6.07) is -0.594. The molecule has 0 radical (unpaired) electrons. The average molecular weight is 380 g/mol. The van der Waals surface area contributed by atoms with Gasteiger partial charge in [-0.15, -0.1) is 0 Å². The number of carbonyl (C=O) groups is 1. The molecular formula is C18H28N4O5. The number of ether oxygens (including phenoxy) is 1. The Hall–Kier alpha value is -1.97. The monoisotopic (exact) mass is 380 g/mol. The Balaban J connectivity index is 1.75. The zero-order chi connectivity index (χ0) is 19.8. The molecule has 3 heterocycles. The molecule has 150 valence electrons. The van der Waals surface area contributed by atoms with Crippen LogP contribution in [0.1, 0.15) is 44.2 Å². The molecule has 2 fully saturated rings. The van der Waals surface area contributed by atoms with Crippen molar-refractivity contribution < 1.29 is 14.6 Å². The Bertz CT molecular complexity index is 820. The number of aryl methyl sites for hydroxylation is 1. The lowest BCUT2D eigenvalue weighted by Crippen LogP contribution is -2.59. The van der Waals surface area contributed by atoms with Crippen molar-refractivity contribution in [2.24, 2.45) is 5.73 Å². The van der Waals surface area contributed by atoms with E-state index in [1.54, 1.807) is 18.7 Å². The maximum atomic E-state index is 12.2. The lowest BCUT2D eigenvalue weighted by atomic mass is 9.75. The van der Waals surface area contributed by atoms with E-state index in [4.69, 9.17) is 10.5 Å². The van der Waals surface area contributed by atoms with E-state index in [-0.39, 0.29) is 12.5 Å². The number of nitrogens with one attached hydrogen (secondary N) is 1. The molecule has 2 aliphatic rings. The minimum Gasteiger partial charge on any atom is -0.388 e. The molecule has 0 saturated carbocycles. The maximum absolute atomic E-state index is 12.2. The molecule has 0 aliphatic carbocycles. The van der Waals surface area contributed by atoms with Crippen LogP contribution >= 0.6 is 0 Å². The topological polar surface area (TPSA) is 131 Å². The van der Waals surface area contributed by atoms with Crippen LogP contribution in [-0.4, -0.2) is 62.9 Å². The van der Waals surface area contributed by atoms with E-state index in [2.05, 4.69) is 4.98 Å². The van der Waals surface area contributed by atoms with Crippen molar-refractivity contribution in [3.05, 3.63) is 32.6 Å². The van der Waals surface area contributed by atoms with E-state index in [0.717, 1.165) is 0 Å². The predicted octanol–water partition coefficient (Wildman–Crippen LogP) is -0.733. The van der Waals surface area contributed by atoms with Gasteiger partial charge in [-0.2, -0.15) is 0 Å². The molecule has 2 saturated heterocycles. The van der Waals surface area contributed by atoms with Crippen molar-refractivity contribution in [1.82, 2.24) is 14.5 Å². The summed E-state index contributed by atoms with van der Waals surface area (Å²) in [6.45, 7) is 4.94. The third-order valence-electron chi connectivity index (χ3n) is 5.81. The fourth-order valence-electron chi connectivity index (χ4n) is 4.22. The van der Waals surface area contributed by atoms with Crippen LogP contribution in [0.2, 0.25) is 0 Å². The van der Waals surface area contributed by atoms with Crippen LogP contribution in [0.3, 0.4) is 0 Å². The van der Waals surface area contributed by atoms with Gasteiger partial charge in [0.25, 0.3) is 5.56 Å². The Morgan fingerprint density at radius 3 is 2.67 bits per heavy atom. The quantitative estimate of drug-likeness (QED) is 0.634. The number of aromatic amines is 1. The molecule has 4 N–H and O–H groups in total. The van der Waals surface area contributed by atoms with Gasteiger partial charge >= 0.3 is 5.69 Å². The van der Waals surface area contributed by atoms with Gasteiger partial charge in [-0.05, 0) is 26.7 Å². The highest BCUT2D eigenvalue weighted by Gasteiger charge is 2.50. The second-order valence-electron chi connectivity index (χ2n) is 7.94. The molecule has 2 atom stereocenters. The summed E-state index contributed by atoms with van der Waals surface area (Å²) in [5.41, 5.74) is 3.17. The van der Waals surface area contributed by atoms with Gasteiger partial charge < -0.3 is 20.5 Å². The zero-order valence-electron chi connectivity index (χ0n) is 15.9. The highest BCUT2D eigenvalue weighted by molar-refractivity contribution is 5.76. The first-order chi connectivity index (χ1) is 12.7. The van der Waals surface area contributed by atoms with Gasteiger partial charge in [0.15, 0.2) is 0 Å². The van der Waals surface area contributed by atoms with Gasteiger partial charge in [0.1, 0.15) is 0 Å². The van der Waals surface area contributed by atoms with Crippen molar-refractivity contribution in [3.63, 3.8) is 0 Å². The molecule has 1 aromatic heterocycles. The maximum Gasteiger partial charge on any atom is 0.328 e. The van der Waals surface area contributed by atoms with Crippen molar-refractivity contribution in [2.75, 3.05) is 26.2 Å².